The van der Waals surface area contributed by atoms with E-state index in [0.29, 0.717) is 12.5 Å². The van der Waals surface area contributed by atoms with E-state index in [0.717, 1.165) is 30.6 Å². The summed E-state index contributed by atoms with van der Waals surface area (Å²) in [7, 11) is 3.99. The van der Waals surface area contributed by atoms with Crippen LogP contribution in [-0.4, -0.2) is 26.5 Å². The van der Waals surface area contributed by atoms with Gasteiger partial charge in [-0.3, -0.25) is 4.79 Å². The molecule has 4 nitrogen and oxygen atoms in total. The monoisotopic (exact) mass is 275 g/mol. The Balaban J connectivity index is 2.05. The van der Waals surface area contributed by atoms with Gasteiger partial charge in [0, 0.05) is 31.4 Å². The Morgan fingerprint density at radius 3 is 2.80 bits per heavy atom. The van der Waals surface area contributed by atoms with Gasteiger partial charge in [0.2, 0.25) is 5.91 Å². The number of hydrogen-bond donors (Lipinski definition) is 2. The van der Waals surface area contributed by atoms with E-state index in [1.54, 1.807) is 0 Å². The maximum absolute atomic E-state index is 12.4. The molecule has 2 atom stereocenters. The summed E-state index contributed by atoms with van der Waals surface area (Å²) < 4.78 is 0. The van der Waals surface area contributed by atoms with Gasteiger partial charge < -0.3 is 16.0 Å². The summed E-state index contributed by atoms with van der Waals surface area (Å²) in [6.07, 6.45) is 4.36. The molecular weight excluding hydrogens is 250 g/mol. The van der Waals surface area contributed by atoms with Crippen LogP contribution in [0.3, 0.4) is 0 Å². The smallest absolute Gasteiger partial charge is 0.227 e. The molecule has 0 heterocycles. The molecule has 1 aromatic carbocycles. The van der Waals surface area contributed by atoms with Gasteiger partial charge in [0.15, 0.2) is 0 Å². The molecule has 0 aromatic heterocycles. The number of nitrogens with one attached hydrogen (secondary N) is 1. The van der Waals surface area contributed by atoms with Crippen molar-refractivity contribution in [3.8, 4) is 0 Å². The van der Waals surface area contributed by atoms with E-state index in [1.165, 1.54) is 6.42 Å². The van der Waals surface area contributed by atoms with Crippen molar-refractivity contribution in [1.29, 1.82) is 0 Å². The minimum Gasteiger partial charge on any atom is -0.378 e. The van der Waals surface area contributed by atoms with Crippen LogP contribution in [0.1, 0.15) is 25.7 Å². The van der Waals surface area contributed by atoms with Crippen LogP contribution in [0, 0.1) is 11.8 Å². The van der Waals surface area contributed by atoms with Crippen molar-refractivity contribution in [3.05, 3.63) is 24.3 Å². The first-order valence-electron chi connectivity index (χ1n) is 7.40. The van der Waals surface area contributed by atoms with Crippen molar-refractivity contribution in [1.82, 2.24) is 0 Å². The lowest BCUT2D eigenvalue weighted by Gasteiger charge is -2.29. The fourth-order valence-corrected chi connectivity index (χ4v) is 2.93. The maximum Gasteiger partial charge on any atom is 0.227 e. The van der Waals surface area contributed by atoms with Gasteiger partial charge in [0.1, 0.15) is 0 Å². The summed E-state index contributed by atoms with van der Waals surface area (Å²) in [4.78, 5) is 14.5. The van der Waals surface area contributed by atoms with Crippen LogP contribution >= 0.6 is 0 Å². The van der Waals surface area contributed by atoms with Crippen LogP contribution < -0.4 is 16.0 Å². The van der Waals surface area contributed by atoms with E-state index < -0.39 is 0 Å². The highest BCUT2D eigenvalue weighted by atomic mass is 16.1. The van der Waals surface area contributed by atoms with Gasteiger partial charge in [-0.05, 0) is 43.5 Å². The highest BCUT2D eigenvalue weighted by molar-refractivity contribution is 5.93. The highest BCUT2D eigenvalue weighted by Crippen LogP contribution is 2.30. The van der Waals surface area contributed by atoms with Crippen LogP contribution in [-0.2, 0) is 4.79 Å². The molecule has 3 N–H and O–H groups in total. The third-order valence-electron chi connectivity index (χ3n) is 4.18. The number of anilines is 2. The molecule has 2 rings (SSSR count). The van der Waals surface area contributed by atoms with Gasteiger partial charge in [0.25, 0.3) is 0 Å². The predicted molar refractivity (Wildman–Crippen MR) is 83.9 cm³/mol. The Bertz CT molecular complexity index is 459. The number of nitrogens with zero attached hydrogens (tertiary/aromatic N) is 1. The van der Waals surface area contributed by atoms with Gasteiger partial charge in [-0.15, -0.1) is 0 Å². The zero-order valence-corrected chi connectivity index (χ0v) is 12.4. The quantitative estimate of drug-likeness (QED) is 0.887. The molecule has 1 fully saturated rings. The van der Waals surface area contributed by atoms with Gasteiger partial charge in [-0.2, -0.15) is 0 Å². The van der Waals surface area contributed by atoms with Crippen molar-refractivity contribution in [2.75, 3.05) is 30.9 Å². The molecule has 2 unspecified atom stereocenters. The summed E-state index contributed by atoms with van der Waals surface area (Å²) in [6.45, 7) is 0.607. The van der Waals surface area contributed by atoms with Crippen LogP contribution in [0.2, 0.25) is 0 Å². The third kappa shape index (κ3) is 3.51. The molecule has 0 spiro atoms. The number of rotatable bonds is 4. The fourth-order valence-electron chi connectivity index (χ4n) is 2.93. The Kier molecular flexibility index (Phi) is 5.01. The largest absolute Gasteiger partial charge is 0.378 e. The number of carbonyl (C=O) groups excluding carboxylic acids is 1. The zero-order chi connectivity index (χ0) is 14.5. The van der Waals surface area contributed by atoms with E-state index in [1.807, 2.05) is 43.3 Å². The van der Waals surface area contributed by atoms with Crippen LogP contribution in [0.25, 0.3) is 0 Å². The summed E-state index contributed by atoms with van der Waals surface area (Å²) in [5, 5.41) is 3.05. The summed E-state index contributed by atoms with van der Waals surface area (Å²) in [5.74, 6) is 0.522. The Morgan fingerprint density at radius 1 is 1.35 bits per heavy atom. The molecule has 1 aliphatic rings. The molecule has 1 saturated carbocycles. The van der Waals surface area contributed by atoms with Crippen molar-refractivity contribution in [2.45, 2.75) is 25.7 Å². The first kappa shape index (κ1) is 14.9. The molecule has 0 radical (unpaired) electrons. The van der Waals surface area contributed by atoms with Crippen LogP contribution in [0.4, 0.5) is 11.4 Å². The van der Waals surface area contributed by atoms with Crippen molar-refractivity contribution >= 4 is 17.3 Å². The molecular formula is C16H25N3O. The second-order valence-electron chi connectivity index (χ2n) is 5.82. The number of carbonyl (C=O) groups is 1. The molecule has 1 amide bonds. The number of benzene rings is 1. The zero-order valence-electron chi connectivity index (χ0n) is 12.4. The molecule has 4 heteroatoms. The highest BCUT2D eigenvalue weighted by Gasteiger charge is 2.29. The topological polar surface area (TPSA) is 58.4 Å². The van der Waals surface area contributed by atoms with E-state index in [9.17, 15) is 4.79 Å². The SMILES string of the molecule is CN(C)c1cccc(NC(=O)C2CCCCC2CN)c1. The number of hydrogen-bond acceptors (Lipinski definition) is 3. The van der Waals surface area contributed by atoms with E-state index >= 15 is 0 Å². The average Bonchev–Trinajstić information content (AvgIpc) is 2.47. The van der Waals surface area contributed by atoms with Gasteiger partial charge >= 0.3 is 0 Å². The maximum atomic E-state index is 12.4. The van der Waals surface area contributed by atoms with Crippen molar-refractivity contribution in [2.24, 2.45) is 17.6 Å². The lowest BCUT2D eigenvalue weighted by Crippen LogP contribution is -2.35. The molecule has 0 bridgehead atoms. The standard InChI is InChI=1S/C16H25N3O/c1-19(2)14-8-5-7-13(10-14)18-16(20)15-9-4-3-6-12(15)11-17/h5,7-8,10,12,15H,3-4,6,9,11,17H2,1-2H3,(H,18,20). The normalized spacial score (nSPS) is 22.4. The molecule has 0 aliphatic heterocycles. The first-order chi connectivity index (χ1) is 9.61. The van der Waals surface area contributed by atoms with Crippen LogP contribution in [0.5, 0.6) is 0 Å². The summed E-state index contributed by atoms with van der Waals surface area (Å²) in [5.41, 5.74) is 7.75. The van der Waals surface area contributed by atoms with Crippen molar-refractivity contribution < 1.29 is 4.79 Å². The van der Waals surface area contributed by atoms with Gasteiger partial charge in [0.05, 0.1) is 0 Å². The second kappa shape index (κ2) is 6.75. The van der Waals surface area contributed by atoms with E-state index in [2.05, 4.69) is 5.32 Å². The Labute approximate surface area is 121 Å². The Hall–Kier alpha value is -1.55. The lowest BCUT2D eigenvalue weighted by molar-refractivity contribution is -0.122. The second-order valence-corrected chi connectivity index (χ2v) is 5.82. The third-order valence-corrected chi connectivity index (χ3v) is 4.18. The molecule has 110 valence electrons. The average molecular weight is 275 g/mol. The fraction of sp³-hybridized carbons (Fsp3) is 0.562. The molecule has 20 heavy (non-hydrogen) atoms. The first-order valence-corrected chi connectivity index (χ1v) is 7.40. The number of nitrogens with two attached hydrogens (primary N) is 1. The van der Waals surface area contributed by atoms with Gasteiger partial charge in [-0.1, -0.05) is 18.9 Å². The van der Waals surface area contributed by atoms with Crippen molar-refractivity contribution in [3.63, 3.8) is 0 Å². The van der Waals surface area contributed by atoms with E-state index in [4.69, 9.17) is 5.73 Å². The lowest BCUT2D eigenvalue weighted by atomic mass is 9.78. The summed E-state index contributed by atoms with van der Waals surface area (Å²) in [6, 6.07) is 7.93. The Morgan fingerprint density at radius 2 is 2.10 bits per heavy atom. The van der Waals surface area contributed by atoms with Gasteiger partial charge in [-0.25, -0.2) is 0 Å². The minimum atomic E-state index is 0.0664. The predicted octanol–water partition coefficient (Wildman–Crippen LogP) is 2.46. The minimum absolute atomic E-state index is 0.0664. The summed E-state index contributed by atoms with van der Waals surface area (Å²) >= 11 is 0. The molecule has 0 saturated heterocycles. The van der Waals surface area contributed by atoms with E-state index in [-0.39, 0.29) is 11.8 Å². The number of amides is 1. The molecule has 1 aliphatic carbocycles. The molecule has 1 aromatic rings. The van der Waals surface area contributed by atoms with Crippen LogP contribution in [0.15, 0.2) is 24.3 Å².